The molecule has 1 fully saturated rings. The normalized spacial score (nSPS) is 18.5. The number of allylic oxidation sites excluding steroid dienone is 1. The van der Waals surface area contributed by atoms with Gasteiger partial charge in [-0.05, 0) is 18.6 Å². The number of thioether (sulfide) groups is 1. The maximum atomic E-state index is 12.7. The van der Waals surface area contributed by atoms with E-state index in [9.17, 15) is 18.0 Å². The average Bonchev–Trinajstić information content (AvgIpc) is 3.01. The lowest BCUT2D eigenvalue weighted by molar-refractivity contribution is -0.128. The van der Waals surface area contributed by atoms with E-state index in [1.807, 2.05) is 0 Å². The molecule has 0 aliphatic carbocycles. The van der Waals surface area contributed by atoms with Crippen LogP contribution in [0.3, 0.4) is 0 Å². The van der Waals surface area contributed by atoms with Gasteiger partial charge in [0, 0.05) is 19.6 Å². The highest BCUT2D eigenvalue weighted by atomic mass is 32.2. The summed E-state index contributed by atoms with van der Waals surface area (Å²) in [5.41, 5.74) is 0.402. The fraction of sp³-hybridized carbons (Fsp3) is 0.389. The Bertz CT molecular complexity index is 1050. The van der Waals surface area contributed by atoms with Gasteiger partial charge < -0.3 is 4.90 Å². The number of aromatic nitrogens is 2. The zero-order valence-corrected chi connectivity index (χ0v) is 16.6. The summed E-state index contributed by atoms with van der Waals surface area (Å²) in [6.45, 7) is 3.97. The van der Waals surface area contributed by atoms with E-state index >= 15 is 0 Å². The summed E-state index contributed by atoms with van der Waals surface area (Å²) < 4.78 is 24.7. The van der Waals surface area contributed by atoms with Crippen LogP contribution >= 0.6 is 11.8 Å². The van der Waals surface area contributed by atoms with Gasteiger partial charge in [0.2, 0.25) is 5.91 Å². The molecular formula is C18H21N3O4S2. The molecule has 1 aromatic heterocycles. The van der Waals surface area contributed by atoms with Gasteiger partial charge in [-0.25, -0.2) is 13.4 Å². The standard InChI is InChI=1S/C18H21N3O4S2/c1-3-9-21-17(23)14-6-4-5-7-15(14)19-18(21)26-11-16(22)20(2)13-8-10-27(24,25)12-13/h3-7,13H,1,8-12H2,2H3/t13-/m0/s1. The molecule has 0 unspecified atom stereocenters. The largest absolute Gasteiger partial charge is 0.341 e. The second-order valence-electron chi connectivity index (χ2n) is 6.47. The summed E-state index contributed by atoms with van der Waals surface area (Å²) in [5, 5.41) is 0.961. The van der Waals surface area contributed by atoms with E-state index in [0.29, 0.717) is 29.0 Å². The van der Waals surface area contributed by atoms with E-state index in [1.165, 1.54) is 21.2 Å². The number of benzene rings is 1. The Morgan fingerprint density at radius 1 is 1.44 bits per heavy atom. The van der Waals surface area contributed by atoms with Gasteiger partial charge in [0.15, 0.2) is 15.0 Å². The Morgan fingerprint density at radius 2 is 2.19 bits per heavy atom. The fourth-order valence-electron chi connectivity index (χ4n) is 3.06. The highest BCUT2D eigenvalue weighted by molar-refractivity contribution is 7.99. The Balaban J connectivity index is 1.80. The number of sulfone groups is 1. The van der Waals surface area contributed by atoms with Gasteiger partial charge in [0.1, 0.15) is 0 Å². The highest BCUT2D eigenvalue weighted by Crippen LogP contribution is 2.21. The SMILES string of the molecule is C=CCn1c(SCC(=O)N(C)[C@H]2CCS(=O)(=O)C2)nc2ccccc2c1=O. The van der Waals surface area contributed by atoms with E-state index in [4.69, 9.17) is 0 Å². The lowest BCUT2D eigenvalue weighted by atomic mass is 10.2. The number of hydrogen-bond donors (Lipinski definition) is 0. The topological polar surface area (TPSA) is 89.3 Å². The molecule has 7 nitrogen and oxygen atoms in total. The number of amides is 1. The Hall–Kier alpha value is -2.13. The summed E-state index contributed by atoms with van der Waals surface area (Å²) >= 11 is 1.17. The lowest BCUT2D eigenvalue weighted by Gasteiger charge is -2.23. The zero-order chi connectivity index (χ0) is 19.6. The van der Waals surface area contributed by atoms with Crippen LogP contribution in [0.2, 0.25) is 0 Å². The number of rotatable bonds is 6. The predicted molar refractivity (Wildman–Crippen MR) is 107 cm³/mol. The number of fused-ring (bicyclic) bond motifs is 1. The molecule has 1 amide bonds. The van der Waals surface area contributed by atoms with Gasteiger partial charge in [-0.3, -0.25) is 14.2 Å². The van der Waals surface area contributed by atoms with Crippen LogP contribution in [-0.2, 0) is 21.2 Å². The average molecular weight is 408 g/mol. The van der Waals surface area contributed by atoms with Crippen molar-refractivity contribution < 1.29 is 13.2 Å². The van der Waals surface area contributed by atoms with Crippen molar-refractivity contribution >= 4 is 38.4 Å². The molecule has 0 radical (unpaired) electrons. The molecule has 144 valence electrons. The first kappa shape index (κ1) is 19.6. The first-order chi connectivity index (χ1) is 12.8. The Morgan fingerprint density at radius 3 is 2.85 bits per heavy atom. The molecule has 0 saturated carbocycles. The molecule has 1 aliphatic rings. The van der Waals surface area contributed by atoms with Crippen LogP contribution in [0.4, 0.5) is 0 Å². The molecule has 1 saturated heterocycles. The second kappa shape index (κ2) is 7.85. The van der Waals surface area contributed by atoms with Crippen molar-refractivity contribution in [1.29, 1.82) is 0 Å². The van der Waals surface area contributed by atoms with Gasteiger partial charge in [-0.15, -0.1) is 6.58 Å². The third-order valence-corrected chi connectivity index (χ3v) is 7.32. The van der Waals surface area contributed by atoms with Crippen LogP contribution in [0.5, 0.6) is 0 Å². The van der Waals surface area contributed by atoms with Crippen LogP contribution in [0.25, 0.3) is 10.9 Å². The smallest absolute Gasteiger partial charge is 0.262 e. The Kier molecular flexibility index (Phi) is 5.71. The molecule has 3 rings (SSSR count). The molecular weight excluding hydrogens is 386 g/mol. The molecule has 27 heavy (non-hydrogen) atoms. The molecule has 0 spiro atoms. The number of para-hydroxylation sites is 1. The summed E-state index contributed by atoms with van der Waals surface area (Å²) in [5.74, 6) is 0.0207. The number of carbonyl (C=O) groups is 1. The molecule has 9 heteroatoms. The Labute approximate surface area is 162 Å². The minimum Gasteiger partial charge on any atom is -0.341 e. The molecule has 1 atom stereocenters. The monoisotopic (exact) mass is 407 g/mol. The third-order valence-electron chi connectivity index (χ3n) is 4.61. The van der Waals surface area contributed by atoms with Crippen molar-refractivity contribution in [3.05, 3.63) is 47.3 Å². The van der Waals surface area contributed by atoms with E-state index in [-0.39, 0.29) is 34.8 Å². The quantitative estimate of drug-likeness (QED) is 0.408. The van der Waals surface area contributed by atoms with E-state index in [2.05, 4.69) is 11.6 Å². The van der Waals surface area contributed by atoms with E-state index < -0.39 is 9.84 Å². The van der Waals surface area contributed by atoms with Crippen molar-refractivity contribution in [2.24, 2.45) is 0 Å². The number of carbonyl (C=O) groups excluding carboxylic acids is 1. The van der Waals surface area contributed by atoms with Gasteiger partial charge in [0.25, 0.3) is 5.56 Å². The number of hydrogen-bond acceptors (Lipinski definition) is 6. The van der Waals surface area contributed by atoms with Crippen LogP contribution in [0.1, 0.15) is 6.42 Å². The molecule has 0 bridgehead atoms. The van der Waals surface area contributed by atoms with Crippen LogP contribution < -0.4 is 5.56 Å². The number of nitrogens with zero attached hydrogens (tertiary/aromatic N) is 3. The third kappa shape index (κ3) is 4.24. The maximum Gasteiger partial charge on any atom is 0.262 e. The molecule has 0 N–H and O–H groups in total. The van der Waals surface area contributed by atoms with Crippen molar-refractivity contribution in [3.63, 3.8) is 0 Å². The van der Waals surface area contributed by atoms with E-state index in [0.717, 1.165) is 0 Å². The molecule has 1 aromatic carbocycles. The lowest BCUT2D eigenvalue weighted by Crippen LogP contribution is -2.39. The summed E-state index contributed by atoms with van der Waals surface area (Å²) in [6, 6.07) is 6.78. The van der Waals surface area contributed by atoms with Gasteiger partial charge in [-0.1, -0.05) is 30.0 Å². The van der Waals surface area contributed by atoms with E-state index in [1.54, 1.807) is 37.4 Å². The van der Waals surface area contributed by atoms with Gasteiger partial charge in [-0.2, -0.15) is 0 Å². The molecule has 1 aliphatic heterocycles. The van der Waals surface area contributed by atoms with Crippen LogP contribution in [-0.4, -0.2) is 59.1 Å². The highest BCUT2D eigenvalue weighted by Gasteiger charge is 2.32. The summed E-state index contributed by atoms with van der Waals surface area (Å²) in [6.07, 6.45) is 2.07. The molecule has 2 heterocycles. The van der Waals surface area contributed by atoms with Crippen LogP contribution in [0, 0.1) is 0 Å². The van der Waals surface area contributed by atoms with Crippen molar-refractivity contribution in [3.8, 4) is 0 Å². The van der Waals surface area contributed by atoms with Crippen molar-refractivity contribution in [2.45, 2.75) is 24.2 Å². The first-order valence-corrected chi connectivity index (χ1v) is 11.3. The second-order valence-corrected chi connectivity index (χ2v) is 9.64. The minimum absolute atomic E-state index is 0.00923. The maximum absolute atomic E-state index is 12.7. The van der Waals surface area contributed by atoms with Crippen LogP contribution in [0.15, 0.2) is 46.9 Å². The summed E-state index contributed by atoms with van der Waals surface area (Å²) in [4.78, 5) is 31.2. The zero-order valence-electron chi connectivity index (χ0n) is 15.0. The first-order valence-electron chi connectivity index (χ1n) is 8.52. The predicted octanol–water partition coefficient (Wildman–Crippen LogP) is 1.32. The fourth-order valence-corrected chi connectivity index (χ4v) is 5.77. The minimum atomic E-state index is -3.05. The van der Waals surface area contributed by atoms with Gasteiger partial charge in [0.05, 0.1) is 28.2 Å². The van der Waals surface area contributed by atoms with Gasteiger partial charge >= 0.3 is 0 Å². The molecule has 2 aromatic rings. The van der Waals surface area contributed by atoms with Crippen molar-refractivity contribution in [1.82, 2.24) is 14.5 Å². The van der Waals surface area contributed by atoms with Crippen molar-refractivity contribution in [2.75, 3.05) is 24.3 Å². The summed E-state index contributed by atoms with van der Waals surface area (Å²) in [7, 11) is -1.43.